The van der Waals surface area contributed by atoms with Crippen LogP contribution in [0, 0.1) is 0 Å². The van der Waals surface area contributed by atoms with Crippen LogP contribution >= 0.6 is 0 Å². The minimum absolute atomic E-state index is 0.197. The van der Waals surface area contributed by atoms with Crippen molar-refractivity contribution < 1.29 is 28.5 Å². The summed E-state index contributed by atoms with van der Waals surface area (Å²) in [5, 5.41) is 8.10. The normalized spacial score (nSPS) is 10.9. The number of benzene rings is 4. The van der Waals surface area contributed by atoms with Gasteiger partial charge in [-0.05, 0) is 71.5 Å². The summed E-state index contributed by atoms with van der Waals surface area (Å²) in [6.45, 7) is 0.856. The molecular formula is C37H40N4O6. The molecule has 0 unspecified atom stereocenters. The van der Waals surface area contributed by atoms with Gasteiger partial charge in [0.1, 0.15) is 13.2 Å². The van der Waals surface area contributed by atoms with Crippen LogP contribution in [-0.4, -0.2) is 38.5 Å². The topological polar surface area (TPSA) is 120 Å². The van der Waals surface area contributed by atoms with Crippen LogP contribution in [0.15, 0.2) is 107 Å². The standard InChI is InChI=1S/C37H40N4O6/c1-44-34-22-30(18-20-32(34)46-26-28-12-6-3-7-13-28)24-38-40-36(42)16-10-5-11-17-37(43)41-39-25-31-19-21-33(35(23-31)45-2)47-27-29-14-8-4-9-15-29/h3-4,6-9,12-15,18-25H,5,10-11,16-17,26-27H2,1-2H3,(H,40,42)(H,41,43). The smallest absolute Gasteiger partial charge is 0.240 e. The van der Waals surface area contributed by atoms with Gasteiger partial charge < -0.3 is 18.9 Å². The van der Waals surface area contributed by atoms with Crippen molar-refractivity contribution in [1.29, 1.82) is 0 Å². The summed E-state index contributed by atoms with van der Waals surface area (Å²) in [5.41, 5.74) is 8.71. The minimum Gasteiger partial charge on any atom is -0.493 e. The van der Waals surface area contributed by atoms with Crippen LogP contribution in [0.3, 0.4) is 0 Å². The molecule has 0 fully saturated rings. The van der Waals surface area contributed by atoms with Gasteiger partial charge in [0.2, 0.25) is 11.8 Å². The first-order valence-electron chi connectivity index (χ1n) is 15.4. The lowest BCUT2D eigenvalue weighted by Gasteiger charge is -2.11. The van der Waals surface area contributed by atoms with Crippen LogP contribution in [0.25, 0.3) is 0 Å². The molecule has 0 saturated heterocycles. The molecular weight excluding hydrogens is 596 g/mol. The molecule has 244 valence electrons. The number of rotatable bonds is 18. The summed E-state index contributed by atoms with van der Waals surface area (Å²) in [7, 11) is 3.15. The van der Waals surface area contributed by atoms with Crippen molar-refractivity contribution in [2.75, 3.05) is 14.2 Å². The second-order valence-electron chi connectivity index (χ2n) is 10.5. The lowest BCUT2D eigenvalue weighted by molar-refractivity contribution is -0.121. The average molecular weight is 637 g/mol. The summed E-state index contributed by atoms with van der Waals surface area (Å²) < 4.78 is 22.7. The SMILES string of the molecule is COc1cc(C=NNC(=O)CCCCCC(=O)NN=Cc2ccc(OCc3ccccc3)c(OC)c2)ccc1OCc1ccccc1. The van der Waals surface area contributed by atoms with Crippen LogP contribution in [0.1, 0.15) is 54.4 Å². The first kappa shape index (κ1) is 34.2. The highest BCUT2D eigenvalue weighted by atomic mass is 16.5. The van der Waals surface area contributed by atoms with Crippen molar-refractivity contribution in [3.63, 3.8) is 0 Å². The van der Waals surface area contributed by atoms with Crippen molar-refractivity contribution >= 4 is 24.2 Å². The molecule has 4 aromatic rings. The molecule has 10 heteroatoms. The second-order valence-corrected chi connectivity index (χ2v) is 10.5. The molecule has 0 heterocycles. The molecule has 0 atom stereocenters. The maximum atomic E-state index is 12.2. The summed E-state index contributed by atoms with van der Waals surface area (Å²) in [5.74, 6) is 1.99. The highest BCUT2D eigenvalue weighted by molar-refractivity contribution is 5.84. The van der Waals surface area contributed by atoms with E-state index in [0.717, 1.165) is 28.7 Å². The van der Waals surface area contributed by atoms with Crippen molar-refractivity contribution in [1.82, 2.24) is 10.9 Å². The fourth-order valence-corrected chi connectivity index (χ4v) is 4.46. The Labute approximate surface area is 275 Å². The quantitative estimate of drug-likeness (QED) is 0.0740. The molecule has 4 rings (SSSR count). The fraction of sp³-hybridized carbons (Fsp3) is 0.243. The largest absolute Gasteiger partial charge is 0.493 e. The molecule has 2 amide bonds. The van der Waals surface area contributed by atoms with Crippen LogP contribution in [0.4, 0.5) is 0 Å². The van der Waals surface area contributed by atoms with E-state index in [4.69, 9.17) is 18.9 Å². The van der Waals surface area contributed by atoms with E-state index in [1.54, 1.807) is 38.8 Å². The molecule has 0 aliphatic carbocycles. The number of amides is 2. The van der Waals surface area contributed by atoms with E-state index in [2.05, 4.69) is 21.1 Å². The minimum atomic E-state index is -0.197. The Bertz CT molecular complexity index is 1510. The predicted octanol–water partition coefficient (Wildman–Crippen LogP) is 6.41. The zero-order chi connectivity index (χ0) is 33.1. The average Bonchev–Trinajstić information content (AvgIpc) is 3.11. The lowest BCUT2D eigenvalue weighted by Crippen LogP contribution is -2.18. The van der Waals surface area contributed by atoms with Gasteiger partial charge >= 0.3 is 0 Å². The third kappa shape index (κ3) is 12.0. The molecule has 4 aromatic carbocycles. The number of nitrogens with zero attached hydrogens (tertiary/aromatic N) is 2. The van der Waals surface area contributed by atoms with Crippen molar-refractivity contribution in [2.45, 2.75) is 45.3 Å². The van der Waals surface area contributed by atoms with Gasteiger partial charge in [0.05, 0.1) is 26.6 Å². The zero-order valence-corrected chi connectivity index (χ0v) is 26.7. The maximum absolute atomic E-state index is 12.2. The number of ether oxygens (including phenoxy) is 4. The molecule has 0 spiro atoms. The van der Waals surface area contributed by atoms with Gasteiger partial charge in [-0.1, -0.05) is 67.1 Å². The van der Waals surface area contributed by atoms with Gasteiger partial charge in [0.25, 0.3) is 0 Å². The first-order chi connectivity index (χ1) is 23.0. The van der Waals surface area contributed by atoms with E-state index in [9.17, 15) is 9.59 Å². The molecule has 0 aromatic heterocycles. The zero-order valence-electron chi connectivity index (χ0n) is 26.7. The third-order valence-corrected chi connectivity index (χ3v) is 6.96. The number of methoxy groups -OCH3 is 2. The first-order valence-corrected chi connectivity index (χ1v) is 15.4. The van der Waals surface area contributed by atoms with Crippen molar-refractivity contribution in [3.05, 3.63) is 119 Å². The van der Waals surface area contributed by atoms with Crippen molar-refractivity contribution in [3.8, 4) is 23.0 Å². The number of unbranched alkanes of at least 4 members (excludes halogenated alkanes) is 2. The van der Waals surface area contributed by atoms with Gasteiger partial charge in [-0.3, -0.25) is 9.59 Å². The summed E-state index contributed by atoms with van der Waals surface area (Å²) in [6.07, 6.45) is 5.71. The van der Waals surface area contributed by atoms with Gasteiger partial charge in [-0.15, -0.1) is 0 Å². The Kier molecular flexibility index (Phi) is 13.8. The Morgan fingerprint density at radius 2 is 1.00 bits per heavy atom. The molecule has 10 nitrogen and oxygen atoms in total. The number of hydrazone groups is 2. The van der Waals surface area contributed by atoms with E-state index >= 15 is 0 Å². The van der Waals surface area contributed by atoms with Gasteiger partial charge in [-0.25, -0.2) is 10.9 Å². The van der Waals surface area contributed by atoms with E-state index in [0.29, 0.717) is 61.9 Å². The fourth-order valence-electron chi connectivity index (χ4n) is 4.46. The van der Waals surface area contributed by atoms with E-state index in [1.165, 1.54) is 0 Å². The van der Waals surface area contributed by atoms with Crippen LogP contribution in [0.5, 0.6) is 23.0 Å². The summed E-state index contributed by atoms with van der Waals surface area (Å²) in [4.78, 5) is 24.4. The van der Waals surface area contributed by atoms with Crippen LogP contribution in [0.2, 0.25) is 0 Å². The lowest BCUT2D eigenvalue weighted by atomic mass is 10.1. The number of hydrogen-bond donors (Lipinski definition) is 2. The van der Waals surface area contributed by atoms with E-state index < -0.39 is 0 Å². The molecule has 0 aliphatic heterocycles. The molecule has 0 radical (unpaired) electrons. The Morgan fingerprint density at radius 3 is 1.40 bits per heavy atom. The molecule has 0 bridgehead atoms. The Morgan fingerprint density at radius 1 is 0.574 bits per heavy atom. The Balaban J connectivity index is 1.09. The van der Waals surface area contributed by atoms with Gasteiger partial charge in [-0.2, -0.15) is 10.2 Å². The number of hydrogen-bond acceptors (Lipinski definition) is 8. The maximum Gasteiger partial charge on any atom is 0.240 e. The molecule has 47 heavy (non-hydrogen) atoms. The molecule has 2 N–H and O–H groups in total. The van der Waals surface area contributed by atoms with E-state index in [-0.39, 0.29) is 11.8 Å². The second kappa shape index (κ2) is 19.0. The van der Waals surface area contributed by atoms with Crippen molar-refractivity contribution in [2.24, 2.45) is 10.2 Å². The number of carbonyl (C=O) groups is 2. The monoisotopic (exact) mass is 636 g/mol. The Hall–Kier alpha value is -5.64. The summed E-state index contributed by atoms with van der Waals surface area (Å²) >= 11 is 0. The highest BCUT2D eigenvalue weighted by Gasteiger charge is 2.08. The highest BCUT2D eigenvalue weighted by Crippen LogP contribution is 2.29. The predicted molar refractivity (Wildman–Crippen MR) is 182 cm³/mol. The summed E-state index contributed by atoms with van der Waals surface area (Å²) in [6, 6.07) is 30.6. The van der Waals surface area contributed by atoms with Crippen LogP contribution in [-0.2, 0) is 22.8 Å². The van der Waals surface area contributed by atoms with Gasteiger partial charge in [0, 0.05) is 12.8 Å². The number of carbonyl (C=O) groups excluding carboxylic acids is 2. The molecule has 0 saturated carbocycles. The third-order valence-electron chi connectivity index (χ3n) is 6.96. The molecule has 0 aliphatic rings. The van der Waals surface area contributed by atoms with Crippen LogP contribution < -0.4 is 29.8 Å². The van der Waals surface area contributed by atoms with E-state index in [1.807, 2.05) is 84.9 Å². The number of nitrogens with one attached hydrogen (secondary N) is 2. The van der Waals surface area contributed by atoms with Gasteiger partial charge in [0.15, 0.2) is 23.0 Å².